The standard InChI is InChI=1S/C15H14O5/c16-11-3-1-10(2-4-11)7-8-20-12-5-6-13(15(18)19)14(17)9-12/h1-6,9,16-17H,7-8H2,(H,18,19). The van der Waals surface area contributed by atoms with Crippen LogP contribution in [-0.4, -0.2) is 27.9 Å². The Kier molecular flexibility index (Phi) is 4.10. The van der Waals surface area contributed by atoms with Gasteiger partial charge in [-0.25, -0.2) is 4.79 Å². The fourth-order valence-corrected chi connectivity index (χ4v) is 1.73. The Balaban J connectivity index is 1.92. The molecule has 0 aliphatic rings. The van der Waals surface area contributed by atoms with Crippen molar-refractivity contribution in [3.63, 3.8) is 0 Å². The summed E-state index contributed by atoms with van der Waals surface area (Å²) in [5, 5.41) is 27.5. The quantitative estimate of drug-likeness (QED) is 0.779. The highest BCUT2D eigenvalue weighted by molar-refractivity contribution is 5.90. The summed E-state index contributed by atoms with van der Waals surface area (Å²) in [7, 11) is 0. The molecule has 0 aliphatic carbocycles. The zero-order valence-corrected chi connectivity index (χ0v) is 10.6. The van der Waals surface area contributed by atoms with Gasteiger partial charge in [-0.05, 0) is 29.8 Å². The Hall–Kier alpha value is -2.69. The molecule has 0 saturated carbocycles. The van der Waals surface area contributed by atoms with Gasteiger partial charge in [0, 0.05) is 12.5 Å². The summed E-state index contributed by atoms with van der Waals surface area (Å²) in [4.78, 5) is 10.7. The summed E-state index contributed by atoms with van der Waals surface area (Å²) in [6, 6.07) is 10.9. The second-order valence-electron chi connectivity index (χ2n) is 4.25. The van der Waals surface area contributed by atoms with E-state index in [9.17, 15) is 9.90 Å². The molecule has 0 radical (unpaired) electrons. The van der Waals surface area contributed by atoms with Crippen LogP contribution in [-0.2, 0) is 6.42 Å². The molecule has 3 N–H and O–H groups in total. The van der Waals surface area contributed by atoms with Gasteiger partial charge in [0.1, 0.15) is 22.8 Å². The zero-order chi connectivity index (χ0) is 14.5. The molecule has 0 atom stereocenters. The second-order valence-corrected chi connectivity index (χ2v) is 4.25. The number of ether oxygens (including phenoxy) is 1. The SMILES string of the molecule is O=C(O)c1ccc(OCCc2ccc(O)cc2)cc1O. The smallest absolute Gasteiger partial charge is 0.339 e. The van der Waals surface area contributed by atoms with Crippen LogP contribution in [0.2, 0.25) is 0 Å². The molecule has 2 rings (SSSR count). The molecule has 0 fully saturated rings. The van der Waals surface area contributed by atoms with Gasteiger partial charge in [0.25, 0.3) is 0 Å². The zero-order valence-electron chi connectivity index (χ0n) is 10.6. The maximum atomic E-state index is 10.7. The van der Waals surface area contributed by atoms with E-state index in [1.54, 1.807) is 24.3 Å². The van der Waals surface area contributed by atoms with Gasteiger partial charge in [-0.15, -0.1) is 0 Å². The number of rotatable bonds is 5. The van der Waals surface area contributed by atoms with E-state index in [4.69, 9.17) is 14.9 Å². The second kappa shape index (κ2) is 5.97. The van der Waals surface area contributed by atoms with Crippen molar-refractivity contribution in [3.05, 3.63) is 53.6 Å². The minimum Gasteiger partial charge on any atom is -0.508 e. The van der Waals surface area contributed by atoms with E-state index in [1.165, 1.54) is 18.2 Å². The number of aromatic hydroxyl groups is 2. The lowest BCUT2D eigenvalue weighted by Crippen LogP contribution is -2.02. The minimum atomic E-state index is -1.18. The van der Waals surface area contributed by atoms with Gasteiger partial charge in [0.15, 0.2) is 0 Å². The number of carboxylic acid groups (broad SMARTS) is 1. The summed E-state index contributed by atoms with van der Waals surface area (Å²) >= 11 is 0. The monoisotopic (exact) mass is 274 g/mol. The van der Waals surface area contributed by atoms with Crippen molar-refractivity contribution < 1.29 is 24.9 Å². The predicted octanol–water partition coefficient (Wildman–Crippen LogP) is 2.42. The molecule has 0 unspecified atom stereocenters. The lowest BCUT2D eigenvalue weighted by molar-refractivity contribution is 0.0693. The highest BCUT2D eigenvalue weighted by Gasteiger charge is 2.09. The van der Waals surface area contributed by atoms with Crippen LogP contribution >= 0.6 is 0 Å². The normalized spacial score (nSPS) is 10.2. The molecule has 20 heavy (non-hydrogen) atoms. The van der Waals surface area contributed by atoms with Crippen molar-refractivity contribution in [1.82, 2.24) is 0 Å². The van der Waals surface area contributed by atoms with E-state index < -0.39 is 5.97 Å². The Morgan fingerprint density at radius 2 is 1.75 bits per heavy atom. The molecule has 2 aromatic carbocycles. The number of aromatic carboxylic acids is 1. The number of hydrogen-bond acceptors (Lipinski definition) is 4. The first-order valence-electron chi connectivity index (χ1n) is 6.03. The molecular formula is C15H14O5. The van der Waals surface area contributed by atoms with Crippen LogP contribution in [0.4, 0.5) is 0 Å². The van der Waals surface area contributed by atoms with E-state index in [-0.39, 0.29) is 17.1 Å². The number of benzene rings is 2. The third-order valence-corrected chi connectivity index (χ3v) is 2.80. The van der Waals surface area contributed by atoms with E-state index in [0.717, 1.165) is 5.56 Å². The highest BCUT2D eigenvalue weighted by Crippen LogP contribution is 2.23. The average molecular weight is 274 g/mol. The number of carbonyl (C=O) groups is 1. The fourth-order valence-electron chi connectivity index (χ4n) is 1.73. The van der Waals surface area contributed by atoms with Crippen LogP contribution in [0.5, 0.6) is 17.2 Å². The van der Waals surface area contributed by atoms with Gasteiger partial charge in [-0.2, -0.15) is 0 Å². The molecule has 5 nitrogen and oxygen atoms in total. The maximum absolute atomic E-state index is 10.7. The van der Waals surface area contributed by atoms with Crippen molar-refractivity contribution in [1.29, 1.82) is 0 Å². The van der Waals surface area contributed by atoms with Gasteiger partial charge >= 0.3 is 5.97 Å². The van der Waals surface area contributed by atoms with Crippen LogP contribution in [0, 0.1) is 0 Å². The Morgan fingerprint density at radius 3 is 2.35 bits per heavy atom. The highest BCUT2D eigenvalue weighted by atomic mass is 16.5. The summed E-state index contributed by atoms with van der Waals surface area (Å²) in [5.41, 5.74) is 0.852. The number of hydrogen-bond donors (Lipinski definition) is 3. The minimum absolute atomic E-state index is 0.157. The number of phenolic OH excluding ortho intramolecular Hbond substituents is 1. The van der Waals surface area contributed by atoms with Crippen LogP contribution in [0.3, 0.4) is 0 Å². The topological polar surface area (TPSA) is 87.0 Å². The van der Waals surface area contributed by atoms with E-state index in [1.807, 2.05) is 0 Å². The van der Waals surface area contributed by atoms with Crippen LogP contribution in [0.15, 0.2) is 42.5 Å². The van der Waals surface area contributed by atoms with Gasteiger partial charge < -0.3 is 20.1 Å². The third kappa shape index (κ3) is 3.41. The third-order valence-electron chi connectivity index (χ3n) is 2.80. The van der Waals surface area contributed by atoms with Gasteiger partial charge in [0.05, 0.1) is 6.61 Å². The Morgan fingerprint density at radius 1 is 1.05 bits per heavy atom. The molecule has 0 bridgehead atoms. The summed E-state index contributed by atoms with van der Waals surface area (Å²) in [6.07, 6.45) is 0.641. The van der Waals surface area contributed by atoms with Gasteiger partial charge in [0.2, 0.25) is 0 Å². The van der Waals surface area contributed by atoms with E-state index in [2.05, 4.69) is 0 Å². The molecule has 0 aliphatic heterocycles. The molecule has 2 aromatic rings. The van der Waals surface area contributed by atoms with Crippen molar-refractivity contribution in [2.24, 2.45) is 0 Å². The molecule has 0 aromatic heterocycles. The summed E-state index contributed by atoms with van der Waals surface area (Å²) in [6.45, 7) is 0.386. The molecule has 0 heterocycles. The maximum Gasteiger partial charge on any atom is 0.339 e. The molecule has 5 heteroatoms. The molecule has 104 valence electrons. The summed E-state index contributed by atoms with van der Waals surface area (Å²) < 4.78 is 5.44. The van der Waals surface area contributed by atoms with Crippen LogP contribution in [0.25, 0.3) is 0 Å². The van der Waals surface area contributed by atoms with Crippen molar-refractivity contribution in [3.8, 4) is 17.2 Å². The van der Waals surface area contributed by atoms with Crippen LogP contribution < -0.4 is 4.74 Å². The van der Waals surface area contributed by atoms with Crippen molar-refractivity contribution in [2.75, 3.05) is 6.61 Å². The first kappa shape index (κ1) is 13.7. The predicted molar refractivity (Wildman–Crippen MR) is 72.4 cm³/mol. The summed E-state index contributed by atoms with van der Waals surface area (Å²) in [5.74, 6) is -0.882. The first-order valence-corrected chi connectivity index (χ1v) is 6.03. The number of phenols is 2. The fraction of sp³-hybridized carbons (Fsp3) is 0.133. The average Bonchev–Trinajstić information content (AvgIpc) is 2.41. The molecule has 0 spiro atoms. The van der Waals surface area contributed by atoms with Gasteiger partial charge in [-0.1, -0.05) is 12.1 Å². The Bertz CT molecular complexity index is 604. The Labute approximate surface area is 115 Å². The van der Waals surface area contributed by atoms with Crippen molar-refractivity contribution >= 4 is 5.97 Å². The molecular weight excluding hydrogens is 260 g/mol. The van der Waals surface area contributed by atoms with E-state index >= 15 is 0 Å². The van der Waals surface area contributed by atoms with Gasteiger partial charge in [-0.3, -0.25) is 0 Å². The lowest BCUT2D eigenvalue weighted by Gasteiger charge is -2.08. The molecule has 0 amide bonds. The van der Waals surface area contributed by atoms with Crippen LogP contribution in [0.1, 0.15) is 15.9 Å². The first-order chi connectivity index (χ1) is 9.56. The van der Waals surface area contributed by atoms with E-state index in [0.29, 0.717) is 18.8 Å². The van der Waals surface area contributed by atoms with Crippen molar-refractivity contribution in [2.45, 2.75) is 6.42 Å². The largest absolute Gasteiger partial charge is 0.508 e. The number of carboxylic acids is 1. The molecule has 0 saturated heterocycles. The lowest BCUT2D eigenvalue weighted by atomic mass is 10.1.